The van der Waals surface area contributed by atoms with Crippen LogP contribution in [0.5, 0.6) is 0 Å². The quantitative estimate of drug-likeness (QED) is 0.895. The number of hydrogen-bond donors (Lipinski definition) is 1. The second-order valence-corrected chi connectivity index (χ2v) is 4.84. The van der Waals surface area contributed by atoms with E-state index >= 15 is 0 Å². The van der Waals surface area contributed by atoms with Crippen LogP contribution in [0, 0.1) is 13.8 Å². The molecule has 18 heavy (non-hydrogen) atoms. The van der Waals surface area contributed by atoms with Crippen molar-refractivity contribution in [3.8, 4) is 0 Å². The van der Waals surface area contributed by atoms with Gasteiger partial charge in [-0.1, -0.05) is 24.3 Å². The highest BCUT2D eigenvalue weighted by Gasteiger charge is 2.09. The molecular weight excluding hydrogens is 222 g/mol. The fourth-order valence-electron chi connectivity index (χ4n) is 2.16. The van der Waals surface area contributed by atoms with Gasteiger partial charge in [-0.15, -0.1) is 0 Å². The predicted octanol–water partition coefficient (Wildman–Crippen LogP) is 2.89. The number of hydrogen-bond acceptors (Lipinski definition) is 2. The van der Waals surface area contributed by atoms with Crippen molar-refractivity contribution < 1.29 is 0 Å². The highest BCUT2D eigenvalue weighted by Crippen LogP contribution is 2.17. The van der Waals surface area contributed by atoms with E-state index in [1.807, 2.05) is 17.9 Å². The first kappa shape index (κ1) is 12.8. The summed E-state index contributed by atoms with van der Waals surface area (Å²) in [5.74, 6) is 0. The van der Waals surface area contributed by atoms with Crippen molar-refractivity contribution in [3.05, 3.63) is 52.8 Å². The largest absolute Gasteiger partial charge is 0.306 e. The highest BCUT2D eigenvalue weighted by molar-refractivity contribution is 5.28. The monoisotopic (exact) mass is 243 g/mol. The van der Waals surface area contributed by atoms with Crippen LogP contribution in [0.1, 0.15) is 35.3 Å². The van der Waals surface area contributed by atoms with Crippen LogP contribution in [0.15, 0.2) is 30.5 Å². The van der Waals surface area contributed by atoms with Gasteiger partial charge in [-0.2, -0.15) is 5.10 Å². The van der Waals surface area contributed by atoms with E-state index in [1.54, 1.807) is 0 Å². The Morgan fingerprint density at radius 2 is 2.00 bits per heavy atom. The van der Waals surface area contributed by atoms with E-state index in [0.717, 1.165) is 6.54 Å². The van der Waals surface area contributed by atoms with Crippen molar-refractivity contribution in [1.29, 1.82) is 0 Å². The van der Waals surface area contributed by atoms with Crippen LogP contribution in [-0.4, -0.2) is 9.78 Å². The Morgan fingerprint density at radius 3 is 2.61 bits per heavy atom. The van der Waals surface area contributed by atoms with Crippen molar-refractivity contribution in [2.45, 2.75) is 33.4 Å². The lowest BCUT2D eigenvalue weighted by Gasteiger charge is -2.16. The molecule has 0 fully saturated rings. The molecule has 0 aliphatic heterocycles. The summed E-state index contributed by atoms with van der Waals surface area (Å²) in [5.41, 5.74) is 5.18. The number of benzene rings is 1. The minimum atomic E-state index is 0.353. The van der Waals surface area contributed by atoms with Gasteiger partial charge in [-0.3, -0.25) is 4.68 Å². The second-order valence-electron chi connectivity index (χ2n) is 4.84. The van der Waals surface area contributed by atoms with Gasteiger partial charge in [-0.05, 0) is 31.9 Å². The Bertz CT molecular complexity index is 528. The minimum absolute atomic E-state index is 0.353. The number of aromatic nitrogens is 2. The van der Waals surface area contributed by atoms with Gasteiger partial charge in [0.2, 0.25) is 0 Å². The predicted molar refractivity (Wildman–Crippen MR) is 74.4 cm³/mol. The first-order valence-corrected chi connectivity index (χ1v) is 6.36. The summed E-state index contributed by atoms with van der Waals surface area (Å²) >= 11 is 0. The zero-order valence-corrected chi connectivity index (χ0v) is 11.6. The molecule has 3 nitrogen and oxygen atoms in total. The lowest BCUT2D eigenvalue weighted by molar-refractivity contribution is 0.570. The SMILES string of the molecule is Cc1ccccc1[C@@H](C)NCc1cnn(C)c1C. The molecule has 0 amide bonds. The van der Waals surface area contributed by atoms with Crippen LogP contribution in [0.3, 0.4) is 0 Å². The standard InChI is InChI=1S/C15H21N3/c1-11-7-5-6-8-15(11)12(2)16-9-14-10-17-18(4)13(14)3/h5-8,10,12,16H,9H2,1-4H3/t12-/m1/s1. The third kappa shape index (κ3) is 2.62. The fraction of sp³-hybridized carbons (Fsp3) is 0.400. The molecule has 0 radical (unpaired) electrons. The van der Waals surface area contributed by atoms with Gasteiger partial charge >= 0.3 is 0 Å². The number of nitrogens with zero attached hydrogens (tertiary/aromatic N) is 2. The van der Waals surface area contributed by atoms with Crippen LogP contribution in [0.4, 0.5) is 0 Å². The van der Waals surface area contributed by atoms with Gasteiger partial charge in [0.1, 0.15) is 0 Å². The smallest absolute Gasteiger partial charge is 0.0537 e. The molecule has 0 saturated heterocycles. The van der Waals surface area contributed by atoms with E-state index in [9.17, 15) is 0 Å². The molecule has 0 aliphatic carbocycles. The van der Waals surface area contributed by atoms with Crippen LogP contribution in [0.2, 0.25) is 0 Å². The van der Waals surface area contributed by atoms with Gasteiger partial charge in [0.25, 0.3) is 0 Å². The first-order chi connectivity index (χ1) is 8.59. The molecule has 0 aliphatic rings. The summed E-state index contributed by atoms with van der Waals surface area (Å²) < 4.78 is 1.91. The van der Waals surface area contributed by atoms with E-state index in [2.05, 4.69) is 55.5 Å². The molecule has 0 saturated carbocycles. The van der Waals surface area contributed by atoms with E-state index in [1.165, 1.54) is 22.4 Å². The zero-order chi connectivity index (χ0) is 13.1. The molecule has 1 N–H and O–H groups in total. The molecule has 0 unspecified atom stereocenters. The van der Waals surface area contributed by atoms with E-state index < -0.39 is 0 Å². The van der Waals surface area contributed by atoms with E-state index in [-0.39, 0.29) is 0 Å². The topological polar surface area (TPSA) is 29.9 Å². The minimum Gasteiger partial charge on any atom is -0.306 e. The molecule has 1 atom stereocenters. The fourth-order valence-corrected chi connectivity index (χ4v) is 2.16. The molecule has 0 bridgehead atoms. The summed E-state index contributed by atoms with van der Waals surface area (Å²) in [7, 11) is 1.98. The van der Waals surface area contributed by atoms with Crippen LogP contribution in [0.25, 0.3) is 0 Å². The Hall–Kier alpha value is -1.61. The molecule has 1 aromatic carbocycles. The second kappa shape index (κ2) is 5.36. The van der Waals surface area contributed by atoms with Crippen molar-refractivity contribution >= 4 is 0 Å². The van der Waals surface area contributed by atoms with Gasteiger partial charge in [-0.25, -0.2) is 0 Å². The maximum atomic E-state index is 4.26. The Balaban J connectivity index is 2.03. The Labute approximate surface area is 109 Å². The number of rotatable bonds is 4. The van der Waals surface area contributed by atoms with Crippen molar-refractivity contribution in [2.75, 3.05) is 0 Å². The first-order valence-electron chi connectivity index (χ1n) is 6.36. The van der Waals surface area contributed by atoms with Gasteiger partial charge in [0.15, 0.2) is 0 Å². The molecule has 2 rings (SSSR count). The molecule has 96 valence electrons. The third-order valence-corrected chi connectivity index (χ3v) is 3.59. The Kier molecular flexibility index (Phi) is 3.82. The summed E-state index contributed by atoms with van der Waals surface area (Å²) in [6, 6.07) is 8.87. The molecule has 1 aromatic heterocycles. The van der Waals surface area contributed by atoms with Crippen LogP contribution in [-0.2, 0) is 13.6 Å². The van der Waals surface area contributed by atoms with Gasteiger partial charge in [0, 0.05) is 30.9 Å². The molecular formula is C15H21N3. The van der Waals surface area contributed by atoms with Crippen LogP contribution >= 0.6 is 0 Å². The average molecular weight is 243 g/mol. The number of aryl methyl sites for hydroxylation is 2. The molecule has 1 heterocycles. The van der Waals surface area contributed by atoms with Crippen molar-refractivity contribution in [2.24, 2.45) is 7.05 Å². The van der Waals surface area contributed by atoms with Crippen molar-refractivity contribution in [3.63, 3.8) is 0 Å². The number of nitrogens with one attached hydrogen (secondary N) is 1. The summed E-state index contributed by atoms with van der Waals surface area (Å²) in [4.78, 5) is 0. The third-order valence-electron chi connectivity index (χ3n) is 3.59. The summed E-state index contributed by atoms with van der Waals surface area (Å²) in [6.07, 6.45) is 1.94. The normalized spacial score (nSPS) is 12.7. The average Bonchev–Trinajstić information content (AvgIpc) is 2.68. The zero-order valence-electron chi connectivity index (χ0n) is 11.6. The maximum absolute atomic E-state index is 4.26. The van der Waals surface area contributed by atoms with Gasteiger partial charge in [0.05, 0.1) is 6.20 Å². The maximum Gasteiger partial charge on any atom is 0.0537 e. The van der Waals surface area contributed by atoms with E-state index in [4.69, 9.17) is 0 Å². The van der Waals surface area contributed by atoms with Gasteiger partial charge < -0.3 is 5.32 Å². The lowest BCUT2D eigenvalue weighted by Crippen LogP contribution is -2.19. The molecule has 0 spiro atoms. The Morgan fingerprint density at radius 1 is 1.28 bits per heavy atom. The molecule has 2 aromatic rings. The lowest BCUT2D eigenvalue weighted by atomic mass is 10.0. The van der Waals surface area contributed by atoms with Crippen molar-refractivity contribution in [1.82, 2.24) is 15.1 Å². The highest BCUT2D eigenvalue weighted by atomic mass is 15.3. The summed E-state index contributed by atoms with van der Waals surface area (Å²) in [6.45, 7) is 7.31. The van der Waals surface area contributed by atoms with Crippen LogP contribution < -0.4 is 5.32 Å². The summed E-state index contributed by atoms with van der Waals surface area (Å²) in [5, 5.41) is 7.82. The molecule has 3 heteroatoms. The van der Waals surface area contributed by atoms with E-state index in [0.29, 0.717) is 6.04 Å².